The number of phenolic OH excluding ortho intramolecular Hbond substituents is 1. The second-order valence-electron chi connectivity index (χ2n) is 4.19. The number of aromatic carboxylic acids is 1. The molecule has 1 aromatic carbocycles. The fraction of sp³-hybridized carbons (Fsp3) is 0.462. The molecule has 1 rings (SSSR count). The second kappa shape index (κ2) is 8.49. The third kappa shape index (κ3) is 6.48. The van der Waals surface area contributed by atoms with Gasteiger partial charge in [0.1, 0.15) is 24.4 Å². The van der Waals surface area contributed by atoms with Crippen molar-refractivity contribution in [1.29, 1.82) is 0 Å². The first-order chi connectivity index (χ1) is 9.16. The Hall–Kier alpha value is -1.67. The highest BCUT2D eigenvalue weighted by Gasteiger charge is 2.20. The lowest BCUT2D eigenvalue weighted by molar-refractivity contribution is -0.159. The number of carbonyl (C=O) groups is 1. The number of aliphatic hydroxyl groups excluding tert-OH is 3. The summed E-state index contributed by atoms with van der Waals surface area (Å²) in [6.45, 7) is 4.46. The minimum atomic E-state index is -0.986. The number of carboxylic acids is 1. The zero-order chi connectivity index (χ0) is 15.9. The van der Waals surface area contributed by atoms with Gasteiger partial charge in [-0.3, -0.25) is 0 Å². The van der Waals surface area contributed by atoms with E-state index in [1.807, 2.05) is 0 Å². The van der Waals surface area contributed by atoms with E-state index in [1.54, 1.807) is 0 Å². The van der Waals surface area contributed by atoms with Gasteiger partial charge in [0.05, 0.1) is 5.56 Å². The Balaban J connectivity index is 0.000000361. The summed E-state index contributed by atoms with van der Waals surface area (Å²) in [6, 6.07) is 5.36. The van der Waals surface area contributed by atoms with Gasteiger partial charge in [0.2, 0.25) is 0 Å². The quantitative estimate of drug-likeness (QED) is 0.508. The Morgan fingerprint density at radius 1 is 0.950 bits per heavy atom. The summed E-state index contributed by atoms with van der Waals surface area (Å²) in [6.07, 6.45) is -2.50. The van der Waals surface area contributed by atoms with Crippen LogP contribution in [0, 0.1) is 0 Å². The van der Waals surface area contributed by atoms with Gasteiger partial charge in [0.15, 0.2) is 0 Å². The van der Waals surface area contributed by atoms with E-state index in [0.717, 1.165) is 0 Å². The largest absolute Gasteiger partial charge is 0.508 e. The molecule has 0 aliphatic rings. The highest BCUT2D eigenvalue weighted by atomic mass is 16.4. The molecule has 20 heavy (non-hydrogen) atoms. The summed E-state index contributed by atoms with van der Waals surface area (Å²) in [5.74, 6) is -0.912. The minimum absolute atomic E-state index is 0.0741. The average molecular weight is 287 g/mol. The van der Waals surface area contributed by atoms with E-state index in [4.69, 9.17) is 25.5 Å². The van der Waals surface area contributed by atoms with E-state index >= 15 is 0 Å². The third-order valence-corrected chi connectivity index (χ3v) is 2.41. The van der Waals surface area contributed by atoms with E-state index in [1.165, 1.54) is 49.9 Å². The van der Waals surface area contributed by atoms with Crippen molar-refractivity contribution < 1.29 is 30.3 Å². The topological polar surface area (TPSA) is 121 Å². The lowest BCUT2D eigenvalue weighted by atomic mass is 10.2. The molecule has 1 aromatic rings. The van der Waals surface area contributed by atoms with Gasteiger partial charge in [-0.15, -0.1) is 0 Å². The van der Waals surface area contributed by atoms with E-state index in [2.05, 4.69) is 0 Å². The number of nitrogens with zero attached hydrogens (tertiary/aromatic N) is 1. The lowest BCUT2D eigenvalue weighted by Gasteiger charge is -2.30. The number of hydrogen-bond donors (Lipinski definition) is 5. The number of aliphatic hydroxyl groups is 3. The molecule has 0 aliphatic heterocycles. The van der Waals surface area contributed by atoms with Gasteiger partial charge in [-0.1, -0.05) is 0 Å². The highest BCUT2D eigenvalue weighted by molar-refractivity contribution is 5.87. The monoisotopic (exact) mass is 287 g/mol. The smallest absolute Gasteiger partial charge is 0.335 e. The molecule has 7 heteroatoms. The maximum atomic E-state index is 10.2. The summed E-state index contributed by atoms with van der Waals surface area (Å²) in [5, 5.41) is 44.0. The van der Waals surface area contributed by atoms with Crippen LogP contribution in [0.3, 0.4) is 0 Å². The Kier molecular flexibility index (Phi) is 7.78. The Labute approximate surface area is 117 Å². The van der Waals surface area contributed by atoms with Gasteiger partial charge in [0, 0.05) is 0 Å². The number of carboxylic acid groups (broad SMARTS) is 1. The van der Waals surface area contributed by atoms with E-state index in [9.17, 15) is 4.79 Å². The van der Waals surface area contributed by atoms with Crippen LogP contribution in [-0.4, -0.2) is 55.1 Å². The summed E-state index contributed by atoms with van der Waals surface area (Å²) in [4.78, 5) is 11.4. The molecular weight excluding hydrogens is 266 g/mol. The molecule has 0 aromatic heterocycles. The fourth-order valence-corrected chi connectivity index (χ4v) is 1.54. The van der Waals surface area contributed by atoms with Gasteiger partial charge in [-0.25, -0.2) is 9.69 Å². The highest BCUT2D eigenvalue weighted by Crippen LogP contribution is 2.08. The zero-order valence-electron chi connectivity index (χ0n) is 11.6. The Morgan fingerprint density at radius 3 is 1.50 bits per heavy atom. The first kappa shape index (κ1) is 18.3. The predicted octanol–water partition coefficient (Wildman–Crippen LogP) is 0.394. The molecule has 0 amide bonds. The SMILES string of the molecule is CC(O)N(C(C)O)C(C)O.O=C(O)c1ccc(O)cc1. The van der Waals surface area contributed by atoms with Crippen molar-refractivity contribution in [1.82, 2.24) is 4.90 Å². The Bertz CT molecular complexity index is 383. The standard InChI is InChI=1S/C7H6O3.C6H15NO3/c8-6-3-1-5(2-4-6)7(9)10;1-4(8)7(5(2)9)6(3)10/h1-4,8H,(H,9,10);4-6,8-10H,1-3H3. The normalized spacial score (nSPS) is 14.9. The van der Waals surface area contributed by atoms with Crippen LogP contribution in [-0.2, 0) is 0 Å². The van der Waals surface area contributed by atoms with Gasteiger partial charge >= 0.3 is 5.97 Å². The van der Waals surface area contributed by atoms with Crippen molar-refractivity contribution in [3.8, 4) is 5.75 Å². The van der Waals surface area contributed by atoms with Crippen molar-refractivity contribution in [2.24, 2.45) is 0 Å². The molecule has 0 saturated carbocycles. The minimum Gasteiger partial charge on any atom is -0.508 e. The summed E-state index contributed by atoms with van der Waals surface area (Å²) in [7, 11) is 0. The van der Waals surface area contributed by atoms with E-state index < -0.39 is 24.7 Å². The van der Waals surface area contributed by atoms with Crippen LogP contribution in [0.25, 0.3) is 0 Å². The van der Waals surface area contributed by atoms with Crippen LogP contribution in [0.15, 0.2) is 24.3 Å². The second-order valence-corrected chi connectivity index (χ2v) is 4.19. The lowest BCUT2D eigenvalue weighted by Crippen LogP contribution is -2.45. The van der Waals surface area contributed by atoms with Crippen LogP contribution in [0.5, 0.6) is 5.75 Å². The molecule has 0 heterocycles. The van der Waals surface area contributed by atoms with Crippen molar-refractivity contribution in [3.63, 3.8) is 0 Å². The number of hydrogen-bond acceptors (Lipinski definition) is 6. The van der Waals surface area contributed by atoms with Crippen molar-refractivity contribution in [2.75, 3.05) is 0 Å². The molecule has 0 radical (unpaired) electrons. The van der Waals surface area contributed by atoms with E-state index in [0.29, 0.717) is 0 Å². The van der Waals surface area contributed by atoms with Gasteiger partial charge in [-0.05, 0) is 45.0 Å². The molecule has 0 saturated heterocycles. The third-order valence-electron chi connectivity index (χ3n) is 2.41. The van der Waals surface area contributed by atoms with Gasteiger partial charge in [0.25, 0.3) is 0 Å². The molecule has 0 bridgehead atoms. The number of aromatic hydroxyl groups is 1. The summed E-state index contributed by atoms with van der Waals surface area (Å²) >= 11 is 0. The summed E-state index contributed by atoms with van der Waals surface area (Å²) in [5.41, 5.74) is 0.179. The summed E-state index contributed by atoms with van der Waals surface area (Å²) < 4.78 is 0. The van der Waals surface area contributed by atoms with Gasteiger partial charge in [-0.2, -0.15) is 0 Å². The molecule has 3 atom stereocenters. The van der Waals surface area contributed by atoms with Crippen molar-refractivity contribution >= 4 is 5.97 Å². The molecule has 0 fully saturated rings. The number of benzene rings is 1. The van der Waals surface area contributed by atoms with Crippen LogP contribution < -0.4 is 0 Å². The molecule has 5 N–H and O–H groups in total. The Morgan fingerprint density at radius 2 is 1.30 bits per heavy atom. The molecule has 0 aliphatic carbocycles. The molecular formula is C13H21NO6. The predicted molar refractivity (Wildman–Crippen MR) is 71.9 cm³/mol. The number of phenols is 1. The molecule has 3 unspecified atom stereocenters. The maximum absolute atomic E-state index is 10.2. The average Bonchev–Trinajstić information content (AvgIpc) is 2.28. The first-order valence-corrected chi connectivity index (χ1v) is 6.00. The zero-order valence-corrected chi connectivity index (χ0v) is 11.6. The molecule has 0 spiro atoms. The van der Waals surface area contributed by atoms with Crippen LogP contribution in [0.2, 0.25) is 0 Å². The van der Waals surface area contributed by atoms with Crippen LogP contribution >= 0.6 is 0 Å². The van der Waals surface area contributed by atoms with Gasteiger partial charge < -0.3 is 25.5 Å². The maximum Gasteiger partial charge on any atom is 0.335 e. The molecule has 7 nitrogen and oxygen atoms in total. The number of rotatable bonds is 4. The van der Waals surface area contributed by atoms with Crippen molar-refractivity contribution in [3.05, 3.63) is 29.8 Å². The first-order valence-electron chi connectivity index (χ1n) is 6.00. The fourth-order valence-electron chi connectivity index (χ4n) is 1.54. The van der Waals surface area contributed by atoms with Crippen LogP contribution in [0.1, 0.15) is 31.1 Å². The van der Waals surface area contributed by atoms with E-state index in [-0.39, 0.29) is 11.3 Å². The molecule has 114 valence electrons. The van der Waals surface area contributed by atoms with Crippen molar-refractivity contribution in [2.45, 2.75) is 39.5 Å². The van der Waals surface area contributed by atoms with Crippen LogP contribution in [0.4, 0.5) is 0 Å².